The monoisotopic (exact) mass is 356 g/mol. The zero-order chi connectivity index (χ0) is 17.8. The van der Waals surface area contributed by atoms with Crippen molar-refractivity contribution in [2.24, 2.45) is 5.92 Å². The van der Waals surface area contributed by atoms with E-state index in [-0.39, 0.29) is 11.9 Å². The van der Waals surface area contributed by atoms with Crippen molar-refractivity contribution in [2.75, 3.05) is 17.8 Å². The van der Waals surface area contributed by atoms with Crippen molar-refractivity contribution in [3.8, 4) is 5.75 Å². The minimum Gasteiger partial charge on any atom is -0.497 e. The molecule has 4 nitrogen and oxygen atoms in total. The molecule has 0 radical (unpaired) electrons. The zero-order valence-electron chi connectivity index (χ0n) is 14.9. The molecule has 1 aromatic heterocycles. The Morgan fingerprint density at radius 1 is 1.32 bits per heavy atom. The molecule has 2 aromatic rings. The van der Waals surface area contributed by atoms with Gasteiger partial charge in [0.1, 0.15) is 5.75 Å². The first kappa shape index (κ1) is 17.8. The molecule has 3 rings (SSSR count). The summed E-state index contributed by atoms with van der Waals surface area (Å²) in [7, 11) is 1.65. The predicted molar refractivity (Wildman–Crippen MR) is 103 cm³/mol. The molecule has 5 heteroatoms. The second kappa shape index (κ2) is 7.91. The summed E-state index contributed by atoms with van der Waals surface area (Å²) >= 11 is 1.65. The predicted octanol–water partition coefficient (Wildman–Crippen LogP) is 4.65. The highest BCUT2D eigenvalue weighted by Crippen LogP contribution is 2.38. The molecule has 0 bridgehead atoms. The van der Waals surface area contributed by atoms with E-state index in [2.05, 4.69) is 18.8 Å². The number of anilines is 1. The summed E-state index contributed by atoms with van der Waals surface area (Å²) in [5, 5.41) is 0.891. The fourth-order valence-electron chi connectivity index (χ4n) is 2.98. The van der Waals surface area contributed by atoms with Gasteiger partial charge in [-0.1, -0.05) is 6.92 Å². The van der Waals surface area contributed by atoms with Gasteiger partial charge in [-0.15, -0.1) is 11.8 Å². The molecule has 0 spiro atoms. The Morgan fingerprint density at radius 2 is 2.04 bits per heavy atom. The second-order valence-electron chi connectivity index (χ2n) is 6.27. The number of methoxy groups -OCH3 is 1. The van der Waals surface area contributed by atoms with E-state index in [4.69, 9.17) is 4.74 Å². The lowest BCUT2D eigenvalue weighted by Gasteiger charge is -2.30. The number of hydrogen-bond acceptors (Lipinski definition) is 4. The number of carbonyl (C=O) groups excluding carboxylic acids is 1. The van der Waals surface area contributed by atoms with Crippen molar-refractivity contribution >= 4 is 23.4 Å². The minimum absolute atomic E-state index is 0.0323. The molecule has 1 fully saturated rings. The normalized spacial score (nSPS) is 14.8. The Morgan fingerprint density at radius 3 is 2.64 bits per heavy atom. The van der Waals surface area contributed by atoms with Crippen LogP contribution in [0.25, 0.3) is 0 Å². The van der Waals surface area contributed by atoms with E-state index in [1.54, 1.807) is 31.1 Å². The molecule has 1 aliphatic rings. The summed E-state index contributed by atoms with van der Waals surface area (Å²) in [6, 6.07) is 11.6. The van der Waals surface area contributed by atoms with Gasteiger partial charge in [0.05, 0.1) is 12.1 Å². The van der Waals surface area contributed by atoms with E-state index in [1.807, 2.05) is 35.2 Å². The molecule has 1 aromatic carbocycles. The summed E-state index contributed by atoms with van der Waals surface area (Å²) in [4.78, 5) is 19.5. The van der Waals surface area contributed by atoms with E-state index < -0.39 is 0 Å². The molecule has 0 aliphatic heterocycles. The standard InChI is InChI=1S/C20H24N2O2S/c1-4-25-19-13-16(11-12-21-19)20(23)22(14(2)15-5-6-15)17-7-9-18(24-3)10-8-17/h7-15H,4-6H2,1-3H3/t14-/m1/s1. The zero-order valence-corrected chi connectivity index (χ0v) is 15.8. The molecule has 0 N–H and O–H groups in total. The number of pyridine rings is 1. The van der Waals surface area contributed by atoms with Gasteiger partial charge < -0.3 is 9.64 Å². The largest absolute Gasteiger partial charge is 0.497 e. The van der Waals surface area contributed by atoms with Gasteiger partial charge in [-0.05, 0) is 67.8 Å². The van der Waals surface area contributed by atoms with Crippen LogP contribution in [-0.4, -0.2) is 29.8 Å². The number of nitrogens with zero attached hydrogens (tertiary/aromatic N) is 2. The van der Waals surface area contributed by atoms with Gasteiger partial charge in [-0.25, -0.2) is 4.98 Å². The van der Waals surface area contributed by atoms with Crippen LogP contribution in [0.1, 0.15) is 37.0 Å². The third-order valence-electron chi connectivity index (χ3n) is 4.55. The third-order valence-corrected chi connectivity index (χ3v) is 5.36. The van der Waals surface area contributed by atoms with E-state index >= 15 is 0 Å². The Balaban J connectivity index is 1.92. The maximum atomic E-state index is 13.3. The molecule has 0 saturated heterocycles. The Kier molecular flexibility index (Phi) is 5.63. The van der Waals surface area contributed by atoms with Crippen molar-refractivity contribution < 1.29 is 9.53 Å². The summed E-state index contributed by atoms with van der Waals surface area (Å²) < 4.78 is 5.24. The van der Waals surface area contributed by atoms with Crippen LogP contribution in [0.15, 0.2) is 47.6 Å². The highest BCUT2D eigenvalue weighted by atomic mass is 32.2. The Bertz CT molecular complexity index is 729. The quantitative estimate of drug-likeness (QED) is 0.677. The number of carbonyl (C=O) groups is 1. The molecule has 25 heavy (non-hydrogen) atoms. The highest BCUT2D eigenvalue weighted by Gasteiger charge is 2.35. The van der Waals surface area contributed by atoms with Crippen LogP contribution in [0.2, 0.25) is 0 Å². The minimum atomic E-state index is 0.0323. The fourth-order valence-corrected chi connectivity index (χ4v) is 3.62. The summed E-state index contributed by atoms with van der Waals surface area (Å²) in [5.74, 6) is 2.34. The number of amides is 1. The van der Waals surface area contributed by atoms with Crippen LogP contribution < -0.4 is 9.64 Å². The molecule has 132 valence electrons. The van der Waals surface area contributed by atoms with E-state index in [0.29, 0.717) is 11.5 Å². The molecule has 1 heterocycles. The molecule has 0 unspecified atom stereocenters. The highest BCUT2D eigenvalue weighted by molar-refractivity contribution is 7.99. The van der Waals surface area contributed by atoms with E-state index in [9.17, 15) is 4.79 Å². The van der Waals surface area contributed by atoms with Gasteiger partial charge in [-0.2, -0.15) is 0 Å². The van der Waals surface area contributed by atoms with Gasteiger partial charge in [0, 0.05) is 23.5 Å². The lowest BCUT2D eigenvalue weighted by atomic mass is 10.1. The Labute approximate surface area is 153 Å². The SMILES string of the molecule is CCSc1cc(C(=O)N(c2ccc(OC)cc2)[C@H](C)C2CC2)ccn1. The van der Waals surface area contributed by atoms with Crippen LogP contribution in [0, 0.1) is 5.92 Å². The molecule has 1 aliphatic carbocycles. The topological polar surface area (TPSA) is 42.4 Å². The van der Waals surface area contributed by atoms with Crippen molar-refractivity contribution in [1.82, 2.24) is 4.98 Å². The number of benzene rings is 1. The lowest BCUT2D eigenvalue weighted by molar-refractivity contribution is 0.0975. The van der Waals surface area contributed by atoms with Crippen molar-refractivity contribution in [3.05, 3.63) is 48.2 Å². The first-order valence-corrected chi connectivity index (χ1v) is 9.69. The third kappa shape index (κ3) is 4.15. The number of aromatic nitrogens is 1. The maximum absolute atomic E-state index is 13.3. The average molecular weight is 356 g/mol. The van der Waals surface area contributed by atoms with Crippen molar-refractivity contribution in [2.45, 2.75) is 37.8 Å². The maximum Gasteiger partial charge on any atom is 0.258 e. The van der Waals surface area contributed by atoms with Crippen LogP contribution in [-0.2, 0) is 0 Å². The van der Waals surface area contributed by atoms with Crippen LogP contribution in [0.4, 0.5) is 5.69 Å². The summed E-state index contributed by atoms with van der Waals surface area (Å²) in [5.41, 5.74) is 1.60. The van der Waals surface area contributed by atoms with Gasteiger partial charge in [0.15, 0.2) is 0 Å². The van der Waals surface area contributed by atoms with Crippen LogP contribution in [0.3, 0.4) is 0 Å². The number of rotatable bonds is 7. The van der Waals surface area contributed by atoms with Crippen LogP contribution in [0.5, 0.6) is 5.75 Å². The first-order chi connectivity index (χ1) is 12.1. The number of ether oxygens (including phenoxy) is 1. The van der Waals surface area contributed by atoms with Gasteiger partial charge in [0.25, 0.3) is 5.91 Å². The van der Waals surface area contributed by atoms with E-state index in [0.717, 1.165) is 22.2 Å². The fraction of sp³-hybridized carbons (Fsp3) is 0.400. The van der Waals surface area contributed by atoms with Crippen molar-refractivity contribution in [1.29, 1.82) is 0 Å². The van der Waals surface area contributed by atoms with Gasteiger partial charge in [-0.3, -0.25) is 4.79 Å². The molecule has 1 atom stereocenters. The smallest absolute Gasteiger partial charge is 0.258 e. The summed E-state index contributed by atoms with van der Waals surface area (Å²) in [6.45, 7) is 4.22. The molecular formula is C20H24N2O2S. The van der Waals surface area contributed by atoms with Crippen molar-refractivity contribution in [3.63, 3.8) is 0 Å². The summed E-state index contributed by atoms with van der Waals surface area (Å²) in [6.07, 6.45) is 4.10. The average Bonchev–Trinajstić information content (AvgIpc) is 3.48. The van der Waals surface area contributed by atoms with Gasteiger partial charge >= 0.3 is 0 Å². The number of hydrogen-bond donors (Lipinski definition) is 0. The van der Waals surface area contributed by atoms with Crippen LogP contribution >= 0.6 is 11.8 Å². The van der Waals surface area contributed by atoms with Gasteiger partial charge in [0.2, 0.25) is 0 Å². The second-order valence-corrected chi connectivity index (χ2v) is 7.55. The van der Waals surface area contributed by atoms with E-state index in [1.165, 1.54) is 12.8 Å². The first-order valence-electron chi connectivity index (χ1n) is 8.70. The number of thioether (sulfide) groups is 1. The molecule has 1 saturated carbocycles. The molecular weight excluding hydrogens is 332 g/mol. The molecule has 1 amide bonds. The lowest BCUT2D eigenvalue weighted by Crippen LogP contribution is -2.40. The Hall–Kier alpha value is -2.01.